The third-order valence-corrected chi connectivity index (χ3v) is 5.05. The fourth-order valence-corrected chi connectivity index (χ4v) is 3.25. The lowest BCUT2D eigenvalue weighted by Gasteiger charge is -2.14. The number of nitrogens with one attached hydrogen (secondary N) is 2. The minimum atomic E-state index is -3.90. The van der Waals surface area contributed by atoms with E-state index in [1.54, 1.807) is 12.1 Å². The maximum Gasteiger partial charge on any atom is 0.324 e. The first kappa shape index (κ1) is 20.5. The highest BCUT2D eigenvalue weighted by atomic mass is 32.2. The first-order valence-electron chi connectivity index (χ1n) is 7.98. The Kier molecular flexibility index (Phi) is 6.65. The van der Waals surface area contributed by atoms with Gasteiger partial charge >= 0.3 is 5.97 Å². The predicted molar refractivity (Wildman–Crippen MR) is 97.0 cm³/mol. The summed E-state index contributed by atoms with van der Waals surface area (Å²) in [5, 5.41) is 2.42. The van der Waals surface area contributed by atoms with Gasteiger partial charge in [0.15, 0.2) is 6.61 Å². The van der Waals surface area contributed by atoms with Crippen molar-refractivity contribution in [3.8, 4) is 0 Å². The van der Waals surface area contributed by atoms with Crippen molar-refractivity contribution >= 4 is 27.6 Å². The van der Waals surface area contributed by atoms with Crippen LogP contribution in [0.4, 0.5) is 10.1 Å². The van der Waals surface area contributed by atoms with E-state index in [9.17, 15) is 22.4 Å². The number of hydrogen-bond acceptors (Lipinski definition) is 5. The Balaban J connectivity index is 1.86. The van der Waals surface area contributed by atoms with E-state index in [4.69, 9.17) is 4.74 Å². The van der Waals surface area contributed by atoms with E-state index in [1.807, 2.05) is 6.92 Å². The summed E-state index contributed by atoms with van der Waals surface area (Å²) < 4.78 is 44.3. The summed E-state index contributed by atoms with van der Waals surface area (Å²) in [5.41, 5.74) is 1.24. The number of anilines is 1. The topological polar surface area (TPSA) is 102 Å². The number of hydrogen-bond donors (Lipinski definition) is 2. The van der Waals surface area contributed by atoms with Crippen LogP contribution in [0.2, 0.25) is 0 Å². The van der Waals surface area contributed by atoms with Crippen LogP contribution in [-0.2, 0) is 24.3 Å². The van der Waals surface area contributed by atoms with Gasteiger partial charge in [0.2, 0.25) is 10.0 Å². The minimum absolute atomic E-state index is 0.0156. The molecule has 27 heavy (non-hydrogen) atoms. The Labute approximate surface area is 156 Å². The first-order valence-corrected chi connectivity index (χ1v) is 9.47. The number of esters is 1. The maximum absolute atomic E-state index is 12.8. The van der Waals surface area contributed by atoms with Crippen LogP contribution in [0.25, 0.3) is 0 Å². The molecule has 7 nitrogen and oxygen atoms in total. The minimum Gasteiger partial charge on any atom is -0.454 e. The maximum atomic E-state index is 12.8. The van der Waals surface area contributed by atoms with Crippen LogP contribution in [0, 0.1) is 12.7 Å². The molecular formula is C18H19FN2O5S. The predicted octanol–water partition coefficient (Wildman–Crippen LogP) is 1.98. The number of amides is 1. The number of halogens is 1. The molecule has 0 fully saturated rings. The van der Waals surface area contributed by atoms with Crippen molar-refractivity contribution in [3.63, 3.8) is 0 Å². The molecule has 1 amide bonds. The molecule has 1 atom stereocenters. The van der Waals surface area contributed by atoms with Gasteiger partial charge in [0.05, 0.1) is 4.90 Å². The van der Waals surface area contributed by atoms with E-state index >= 15 is 0 Å². The molecule has 0 unspecified atom stereocenters. The number of benzene rings is 2. The van der Waals surface area contributed by atoms with Gasteiger partial charge in [0.1, 0.15) is 11.9 Å². The first-order chi connectivity index (χ1) is 12.7. The van der Waals surface area contributed by atoms with Gasteiger partial charge in [-0.3, -0.25) is 9.59 Å². The molecule has 2 aromatic carbocycles. The number of carbonyl (C=O) groups is 2. The summed E-state index contributed by atoms with van der Waals surface area (Å²) in [4.78, 5) is 23.7. The lowest BCUT2D eigenvalue weighted by Crippen LogP contribution is -2.40. The molecule has 0 aromatic heterocycles. The van der Waals surface area contributed by atoms with E-state index in [1.165, 1.54) is 43.3 Å². The van der Waals surface area contributed by atoms with Crippen molar-refractivity contribution in [2.75, 3.05) is 11.9 Å². The second-order valence-electron chi connectivity index (χ2n) is 5.82. The molecule has 2 N–H and O–H groups in total. The Morgan fingerprint density at radius 3 is 2.26 bits per heavy atom. The average molecular weight is 394 g/mol. The van der Waals surface area contributed by atoms with Crippen LogP contribution in [0.15, 0.2) is 53.4 Å². The van der Waals surface area contributed by atoms with Crippen molar-refractivity contribution in [2.24, 2.45) is 0 Å². The van der Waals surface area contributed by atoms with E-state index < -0.39 is 40.4 Å². The number of carbonyl (C=O) groups excluding carboxylic acids is 2. The fraction of sp³-hybridized carbons (Fsp3) is 0.222. The number of ether oxygens (including phenoxy) is 1. The summed E-state index contributed by atoms with van der Waals surface area (Å²) in [6.45, 7) is 2.53. The van der Waals surface area contributed by atoms with Gasteiger partial charge in [-0.15, -0.1) is 0 Å². The summed E-state index contributed by atoms with van der Waals surface area (Å²) in [5.74, 6) is -1.99. The Morgan fingerprint density at radius 2 is 1.67 bits per heavy atom. The summed E-state index contributed by atoms with van der Waals surface area (Å²) >= 11 is 0. The molecule has 0 aliphatic carbocycles. The lowest BCUT2D eigenvalue weighted by atomic mass is 10.2. The smallest absolute Gasteiger partial charge is 0.324 e. The normalized spacial score (nSPS) is 12.3. The SMILES string of the molecule is Cc1ccc(S(=O)(=O)N[C@@H](C)C(=O)OCC(=O)Nc2ccc(F)cc2)cc1. The van der Waals surface area contributed by atoms with Gasteiger partial charge in [-0.05, 0) is 50.2 Å². The van der Waals surface area contributed by atoms with Crippen LogP contribution in [-0.4, -0.2) is 32.9 Å². The number of aryl methyl sites for hydroxylation is 1. The van der Waals surface area contributed by atoms with E-state index in [0.717, 1.165) is 5.56 Å². The van der Waals surface area contributed by atoms with Crippen LogP contribution < -0.4 is 10.0 Å². The molecule has 2 rings (SSSR count). The second kappa shape index (κ2) is 8.74. The molecule has 0 aliphatic heterocycles. The quantitative estimate of drug-likeness (QED) is 0.700. The summed E-state index contributed by atoms with van der Waals surface area (Å²) in [6, 6.07) is 9.98. The lowest BCUT2D eigenvalue weighted by molar-refractivity contribution is -0.148. The van der Waals surface area contributed by atoms with Crippen molar-refractivity contribution in [1.82, 2.24) is 4.72 Å². The van der Waals surface area contributed by atoms with Crippen molar-refractivity contribution in [2.45, 2.75) is 24.8 Å². The summed E-state index contributed by atoms with van der Waals surface area (Å²) in [7, 11) is -3.90. The highest BCUT2D eigenvalue weighted by molar-refractivity contribution is 7.89. The van der Waals surface area contributed by atoms with Gasteiger partial charge in [-0.25, -0.2) is 12.8 Å². The van der Waals surface area contributed by atoms with E-state index in [-0.39, 0.29) is 4.90 Å². The molecule has 0 spiro atoms. The molecule has 0 saturated heterocycles. The van der Waals surface area contributed by atoms with E-state index in [0.29, 0.717) is 5.69 Å². The Morgan fingerprint density at radius 1 is 1.07 bits per heavy atom. The zero-order chi connectivity index (χ0) is 20.0. The zero-order valence-corrected chi connectivity index (χ0v) is 15.5. The Hall–Kier alpha value is -2.78. The molecule has 0 radical (unpaired) electrons. The monoisotopic (exact) mass is 394 g/mol. The summed E-state index contributed by atoms with van der Waals surface area (Å²) in [6.07, 6.45) is 0. The molecule has 144 valence electrons. The van der Waals surface area contributed by atoms with Crippen LogP contribution >= 0.6 is 0 Å². The third kappa shape index (κ3) is 6.15. The Bertz CT molecular complexity index is 912. The van der Waals surface area contributed by atoms with Gasteiger partial charge in [0.25, 0.3) is 5.91 Å². The highest BCUT2D eigenvalue weighted by Crippen LogP contribution is 2.11. The molecule has 0 bridgehead atoms. The third-order valence-electron chi connectivity index (χ3n) is 3.49. The number of sulfonamides is 1. The van der Waals surface area contributed by atoms with Crippen LogP contribution in [0.1, 0.15) is 12.5 Å². The van der Waals surface area contributed by atoms with Crippen LogP contribution in [0.5, 0.6) is 0 Å². The molecule has 9 heteroatoms. The second-order valence-corrected chi connectivity index (χ2v) is 7.53. The standard InChI is InChI=1S/C18H19FN2O5S/c1-12-3-9-16(10-4-12)27(24,25)21-13(2)18(23)26-11-17(22)20-15-7-5-14(19)6-8-15/h3-10,13,21H,11H2,1-2H3,(H,20,22)/t13-/m0/s1. The molecule has 2 aromatic rings. The van der Waals surface area contributed by atoms with Crippen LogP contribution in [0.3, 0.4) is 0 Å². The van der Waals surface area contributed by atoms with Gasteiger partial charge < -0.3 is 10.1 Å². The van der Waals surface area contributed by atoms with Gasteiger partial charge in [0, 0.05) is 5.69 Å². The van der Waals surface area contributed by atoms with Crippen molar-refractivity contribution in [3.05, 3.63) is 59.9 Å². The van der Waals surface area contributed by atoms with Crippen molar-refractivity contribution in [1.29, 1.82) is 0 Å². The fourth-order valence-electron chi connectivity index (χ4n) is 2.06. The van der Waals surface area contributed by atoms with Gasteiger partial charge in [-0.1, -0.05) is 17.7 Å². The number of rotatable bonds is 7. The van der Waals surface area contributed by atoms with Crippen molar-refractivity contribution < 1.29 is 27.1 Å². The molecule has 0 saturated carbocycles. The van der Waals surface area contributed by atoms with E-state index in [2.05, 4.69) is 10.0 Å². The molecular weight excluding hydrogens is 375 g/mol. The molecule has 0 aliphatic rings. The zero-order valence-electron chi connectivity index (χ0n) is 14.7. The highest BCUT2D eigenvalue weighted by Gasteiger charge is 2.23. The average Bonchev–Trinajstić information content (AvgIpc) is 2.61. The molecule has 0 heterocycles. The largest absolute Gasteiger partial charge is 0.454 e. The van der Waals surface area contributed by atoms with Gasteiger partial charge in [-0.2, -0.15) is 4.72 Å².